The van der Waals surface area contributed by atoms with Crippen molar-refractivity contribution in [1.29, 1.82) is 0 Å². The van der Waals surface area contributed by atoms with E-state index in [0.29, 0.717) is 25.6 Å². The van der Waals surface area contributed by atoms with Crippen molar-refractivity contribution in [2.24, 2.45) is 0 Å². The number of hydrogen-bond acceptors (Lipinski definition) is 3. The standard InChI is InChI=1S/C14H27N3O3/c1-5-11(3)16-7-9-17(10-8-16)14(20)15(4)12(6-2)13(18)19/h11-12H,5-10H2,1-4H3,(H,18,19). The summed E-state index contributed by atoms with van der Waals surface area (Å²) >= 11 is 0. The molecule has 0 aromatic heterocycles. The maximum Gasteiger partial charge on any atom is 0.326 e. The van der Waals surface area contributed by atoms with Gasteiger partial charge in [0.05, 0.1) is 0 Å². The molecular weight excluding hydrogens is 258 g/mol. The number of urea groups is 1. The first kappa shape index (κ1) is 16.8. The lowest BCUT2D eigenvalue weighted by atomic mass is 10.2. The Morgan fingerprint density at radius 3 is 2.10 bits per heavy atom. The summed E-state index contributed by atoms with van der Waals surface area (Å²) in [5.74, 6) is -0.943. The lowest BCUT2D eigenvalue weighted by Gasteiger charge is -2.39. The first-order valence-corrected chi connectivity index (χ1v) is 7.40. The fraction of sp³-hybridized carbons (Fsp3) is 0.857. The molecule has 1 saturated heterocycles. The lowest BCUT2D eigenvalue weighted by Crippen LogP contribution is -2.56. The van der Waals surface area contributed by atoms with Crippen LogP contribution < -0.4 is 0 Å². The average molecular weight is 285 g/mol. The normalized spacial score (nSPS) is 19.5. The van der Waals surface area contributed by atoms with E-state index in [4.69, 9.17) is 5.11 Å². The monoisotopic (exact) mass is 285 g/mol. The number of hydrogen-bond donors (Lipinski definition) is 1. The van der Waals surface area contributed by atoms with Crippen molar-refractivity contribution in [2.45, 2.75) is 45.7 Å². The van der Waals surface area contributed by atoms with Crippen molar-refractivity contribution in [1.82, 2.24) is 14.7 Å². The molecule has 0 radical (unpaired) electrons. The van der Waals surface area contributed by atoms with Gasteiger partial charge in [-0.3, -0.25) is 4.90 Å². The van der Waals surface area contributed by atoms with Gasteiger partial charge in [-0.25, -0.2) is 9.59 Å². The Labute approximate surface area is 121 Å². The molecule has 0 saturated carbocycles. The van der Waals surface area contributed by atoms with Gasteiger partial charge in [-0.1, -0.05) is 13.8 Å². The minimum atomic E-state index is -0.943. The number of carboxylic acid groups (broad SMARTS) is 1. The van der Waals surface area contributed by atoms with Crippen molar-refractivity contribution in [2.75, 3.05) is 33.2 Å². The van der Waals surface area contributed by atoms with Crippen LogP contribution in [0, 0.1) is 0 Å². The van der Waals surface area contributed by atoms with Gasteiger partial charge in [0.2, 0.25) is 0 Å². The van der Waals surface area contributed by atoms with Gasteiger partial charge in [-0.15, -0.1) is 0 Å². The number of nitrogens with zero attached hydrogens (tertiary/aromatic N) is 3. The first-order valence-electron chi connectivity index (χ1n) is 7.40. The Balaban J connectivity index is 2.56. The van der Waals surface area contributed by atoms with Gasteiger partial charge in [0.1, 0.15) is 6.04 Å². The van der Waals surface area contributed by atoms with Crippen molar-refractivity contribution < 1.29 is 14.7 Å². The second kappa shape index (κ2) is 7.47. The molecule has 1 heterocycles. The van der Waals surface area contributed by atoms with E-state index in [9.17, 15) is 9.59 Å². The number of aliphatic carboxylic acids is 1. The minimum absolute atomic E-state index is 0.178. The van der Waals surface area contributed by atoms with Crippen molar-refractivity contribution in [3.63, 3.8) is 0 Å². The van der Waals surface area contributed by atoms with Crippen LogP contribution in [-0.2, 0) is 4.79 Å². The molecule has 20 heavy (non-hydrogen) atoms. The highest BCUT2D eigenvalue weighted by Crippen LogP contribution is 2.12. The predicted molar refractivity (Wildman–Crippen MR) is 77.8 cm³/mol. The molecule has 6 nitrogen and oxygen atoms in total. The van der Waals surface area contributed by atoms with Crippen LogP contribution in [0.4, 0.5) is 4.79 Å². The zero-order chi connectivity index (χ0) is 15.3. The van der Waals surface area contributed by atoms with E-state index in [1.807, 2.05) is 0 Å². The van der Waals surface area contributed by atoms with Crippen molar-refractivity contribution in [3.05, 3.63) is 0 Å². The van der Waals surface area contributed by atoms with Crippen LogP contribution >= 0.6 is 0 Å². The Kier molecular flexibility index (Phi) is 6.26. The van der Waals surface area contributed by atoms with Crippen LogP contribution in [0.1, 0.15) is 33.6 Å². The van der Waals surface area contributed by atoms with Gasteiger partial charge < -0.3 is 14.9 Å². The van der Waals surface area contributed by atoms with Gasteiger partial charge in [-0.05, 0) is 19.8 Å². The number of piperazine rings is 1. The molecule has 1 aliphatic rings. The summed E-state index contributed by atoms with van der Waals surface area (Å²) in [5.41, 5.74) is 0. The molecule has 2 amide bonds. The molecule has 0 bridgehead atoms. The van der Waals surface area contributed by atoms with E-state index in [1.165, 1.54) is 4.90 Å². The molecule has 0 aliphatic carbocycles. The van der Waals surface area contributed by atoms with Gasteiger partial charge >= 0.3 is 12.0 Å². The zero-order valence-electron chi connectivity index (χ0n) is 13.0. The van der Waals surface area contributed by atoms with Gasteiger partial charge in [0.25, 0.3) is 0 Å². The second-order valence-corrected chi connectivity index (χ2v) is 5.44. The number of likely N-dealkylation sites (N-methyl/N-ethyl adjacent to an activating group) is 1. The largest absolute Gasteiger partial charge is 0.480 e. The third-order valence-corrected chi connectivity index (χ3v) is 4.24. The van der Waals surface area contributed by atoms with Gasteiger partial charge in [-0.2, -0.15) is 0 Å². The predicted octanol–water partition coefficient (Wildman–Crippen LogP) is 1.32. The summed E-state index contributed by atoms with van der Waals surface area (Å²) in [7, 11) is 1.58. The van der Waals surface area contributed by atoms with Crippen LogP contribution in [0.2, 0.25) is 0 Å². The highest BCUT2D eigenvalue weighted by molar-refractivity contribution is 5.82. The molecule has 0 aromatic carbocycles. The highest BCUT2D eigenvalue weighted by Gasteiger charge is 2.30. The second-order valence-electron chi connectivity index (χ2n) is 5.44. The molecule has 1 fully saturated rings. The molecule has 2 unspecified atom stereocenters. The summed E-state index contributed by atoms with van der Waals surface area (Å²) in [5, 5.41) is 9.12. The van der Waals surface area contributed by atoms with Crippen LogP contribution in [0.3, 0.4) is 0 Å². The van der Waals surface area contributed by atoms with E-state index < -0.39 is 12.0 Å². The zero-order valence-corrected chi connectivity index (χ0v) is 13.0. The van der Waals surface area contributed by atoms with Crippen LogP contribution in [-0.4, -0.2) is 77.1 Å². The molecule has 1 N–H and O–H groups in total. The third kappa shape index (κ3) is 3.85. The van der Waals surface area contributed by atoms with Crippen LogP contribution in [0.15, 0.2) is 0 Å². The molecule has 1 rings (SSSR count). The van der Waals surface area contributed by atoms with Crippen LogP contribution in [0.25, 0.3) is 0 Å². The number of carbonyl (C=O) groups is 2. The fourth-order valence-electron chi connectivity index (χ4n) is 2.58. The minimum Gasteiger partial charge on any atom is -0.480 e. The molecule has 2 atom stereocenters. The molecule has 0 spiro atoms. The third-order valence-electron chi connectivity index (χ3n) is 4.24. The smallest absolute Gasteiger partial charge is 0.326 e. The molecule has 1 aliphatic heterocycles. The van der Waals surface area contributed by atoms with E-state index in [1.54, 1.807) is 18.9 Å². The van der Waals surface area contributed by atoms with Crippen molar-refractivity contribution in [3.8, 4) is 0 Å². The van der Waals surface area contributed by atoms with E-state index >= 15 is 0 Å². The Morgan fingerprint density at radius 1 is 1.15 bits per heavy atom. The maximum absolute atomic E-state index is 12.3. The number of amides is 2. The summed E-state index contributed by atoms with van der Waals surface area (Å²) in [6.07, 6.45) is 1.52. The summed E-state index contributed by atoms with van der Waals surface area (Å²) < 4.78 is 0. The molecule has 6 heteroatoms. The van der Waals surface area contributed by atoms with Crippen molar-refractivity contribution >= 4 is 12.0 Å². The fourth-order valence-corrected chi connectivity index (χ4v) is 2.58. The SMILES string of the molecule is CCC(C)N1CCN(C(=O)N(C)C(CC)C(=O)O)CC1. The average Bonchev–Trinajstić information content (AvgIpc) is 2.46. The van der Waals surface area contributed by atoms with Gasteiger partial charge in [0.15, 0.2) is 0 Å². The highest BCUT2D eigenvalue weighted by atomic mass is 16.4. The topological polar surface area (TPSA) is 64.1 Å². The molecule has 0 aromatic rings. The van der Waals surface area contributed by atoms with Gasteiger partial charge in [0, 0.05) is 39.3 Å². The Hall–Kier alpha value is -1.30. The van der Waals surface area contributed by atoms with E-state index in [2.05, 4.69) is 18.7 Å². The quantitative estimate of drug-likeness (QED) is 0.827. The van der Waals surface area contributed by atoms with E-state index in [0.717, 1.165) is 19.5 Å². The molecular formula is C14H27N3O3. The summed E-state index contributed by atoms with van der Waals surface area (Å²) in [6.45, 7) is 9.20. The number of carbonyl (C=O) groups excluding carboxylic acids is 1. The lowest BCUT2D eigenvalue weighted by molar-refractivity contribution is -0.142. The van der Waals surface area contributed by atoms with E-state index in [-0.39, 0.29) is 6.03 Å². The number of rotatable bonds is 5. The summed E-state index contributed by atoms with van der Waals surface area (Å²) in [4.78, 5) is 28.9. The summed E-state index contributed by atoms with van der Waals surface area (Å²) in [6, 6.07) is -0.384. The molecule has 116 valence electrons. The first-order chi connectivity index (χ1) is 9.42. The maximum atomic E-state index is 12.3. The Bertz CT molecular complexity index is 341. The van der Waals surface area contributed by atoms with Crippen LogP contribution in [0.5, 0.6) is 0 Å². The Morgan fingerprint density at radius 2 is 1.70 bits per heavy atom. The number of carboxylic acids is 1.